The number of H-pyrrole nitrogens is 1. The summed E-state index contributed by atoms with van der Waals surface area (Å²) in [5.74, 6) is 0.789. The molecule has 2 N–H and O–H groups in total. The van der Waals surface area contributed by atoms with Gasteiger partial charge in [-0.05, 0) is 56.4 Å². The summed E-state index contributed by atoms with van der Waals surface area (Å²) in [5.41, 5.74) is 3.51. The van der Waals surface area contributed by atoms with Gasteiger partial charge in [0.1, 0.15) is 12.4 Å². The first-order valence-electron chi connectivity index (χ1n) is 8.69. The molecule has 3 aromatic rings. The molecule has 1 aromatic heterocycles. The molecule has 136 valence electrons. The van der Waals surface area contributed by atoms with Crippen LogP contribution in [0.5, 0.6) is 5.75 Å². The summed E-state index contributed by atoms with van der Waals surface area (Å²) in [6, 6.07) is 13.5. The molecule has 0 aliphatic rings. The fourth-order valence-electron chi connectivity index (χ4n) is 2.60. The average molecular weight is 352 g/mol. The molecule has 0 saturated heterocycles. The molecule has 0 radical (unpaired) electrons. The molecule has 0 aliphatic carbocycles. The van der Waals surface area contributed by atoms with E-state index in [1.807, 2.05) is 50.5 Å². The number of nitrogens with one attached hydrogen (secondary N) is 2. The molecule has 6 heteroatoms. The monoisotopic (exact) mass is 352 g/mol. The van der Waals surface area contributed by atoms with Crippen LogP contribution in [-0.4, -0.2) is 54.6 Å². The third kappa shape index (κ3) is 4.83. The summed E-state index contributed by atoms with van der Waals surface area (Å²) in [4.78, 5) is 21.5. The van der Waals surface area contributed by atoms with Crippen LogP contribution in [0.25, 0.3) is 11.0 Å². The standard InChI is InChI=1S/C20H24N4O2/c1-24(2)11-12-26-17-6-3-15(4-7-17)9-10-21-20(25)16-5-8-18-19(13-16)23-14-22-18/h3-8,13-14H,9-12H2,1-2H3,(H,21,25)(H,22,23). The van der Waals surface area contributed by atoms with Crippen LogP contribution in [-0.2, 0) is 6.42 Å². The number of fused-ring (bicyclic) bond motifs is 1. The molecule has 0 saturated carbocycles. The van der Waals surface area contributed by atoms with Crippen LogP contribution in [0, 0.1) is 0 Å². The minimum Gasteiger partial charge on any atom is -0.492 e. The van der Waals surface area contributed by atoms with Gasteiger partial charge in [0.05, 0.1) is 17.4 Å². The maximum Gasteiger partial charge on any atom is 0.251 e. The van der Waals surface area contributed by atoms with Gasteiger partial charge in [0, 0.05) is 18.7 Å². The van der Waals surface area contributed by atoms with Crippen molar-refractivity contribution < 1.29 is 9.53 Å². The third-order valence-electron chi connectivity index (χ3n) is 4.11. The molecule has 0 atom stereocenters. The van der Waals surface area contributed by atoms with Gasteiger partial charge in [-0.2, -0.15) is 0 Å². The first-order chi connectivity index (χ1) is 12.6. The minimum absolute atomic E-state index is 0.0786. The van der Waals surface area contributed by atoms with Crippen molar-refractivity contribution >= 4 is 16.9 Å². The second-order valence-electron chi connectivity index (χ2n) is 6.44. The fraction of sp³-hybridized carbons (Fsp3) is 0.300. The van der Waals surface area contributed by atoms with Crippen LogP contribution in [0.15, 0.2) is 48.8 Å². The number of carbonyl (C=O) groups is 1. The third-order valence-corrected chi connectivity index (χ3v) is 4.11. The maximum absolute atomic E-state index is 12.3. The zero-order valence-corrected chi connectivity index (χ0v) is 15.2. The lowest BCUT2D eigenvalue weighted by molar-refractivity contribution is 0.0954. The smallest absolute Gasteiger partial charge is 0.251 e. The Morgan fingerprint density at radius 3 is 2.77 bits per heavy atom. The molecular weight excluding hydrogens is 328 g/mol. The number of likely N-dealkylation sites (N-methyl/N-ethyl adjacent to an activating group) is 1. The van der Waals surface area contributed by atoms with Gasteiger partial charge in [-0.3, -0.25) is 4.79 Å². The molecule has 6 nitrogen and oxygen atoms in total. The van der Waals surface area contributed by atoms with E-state index < -0.39 is 0 Å². The summed E-state index contributed by atoms with van der Waals surface area (Å²) in [6.07, 6.45) is 2.40. The van der Waals surface area contributed by atoms with E-state index in [0.29, 0.717) is 18.7 Å². The summed E-state index contributed by atoms with van der Waals surface area (Å²) >= 11 is 0. The number of rotatable bonds is 8. The molecule has 0 unspecified atom stereocenters. The van der Waals surface area contributed by atoms with Gasteiger partial charge in [0.25, 0.3) is 5.91 Å². The Balaban J connectivity index is 1.45. The lowest BCUT2D eigenvalue weighted by Crippen LogP contribution is -2.25. The Bertz CT molecular complexity index is 856. The number of hydrogen-bond donors (Lipinski definition) is 2. The van der Waals surface area contributed by atoms with Crippen LogP contribution < -0.4 is 10.1 Å². The van der Waals surface area contributed by atoms with Crippen molar-refractivity contribution in [2.24, 2.45) is 0 Å². The van der Waals surface area contributed by atoms with Crippen LogP contribution in [0.4, 0.5) is 0 Å². The molecule has 2 aromatic carbocycles. The number of imidazole rings is 1. The number of aromatic amines is 1. The topological polar surface area (TPSA) is 70.2 Å². The summed E-state index contributed by atoms with van der Waals surface area (Å²) in [5, 5.41) is 2.96. The lowest BCUT2D eigenvalue weighted by Gasteiger charge is -2.11. The second-order valence-corrected chi connectivity index (χ2v) is 6.44. The second kappa shape index (κ2) is 8.49. The first kappa shape index (κ1) is 17.9. The van der Waals surface area contributed by atoms with Crippen LogP contribution in [0.1, 0.15) is 15.9 Å². The Labute approximate surface area is 153 Å². The zero-order valence-electron chi connectivity index (χ0n) is 15.2. The van der Waals surface area contributed by atoms with E-state index in [-0.39, 0.29) is 5.91 Å². The van der Waals surface area contributed by atoms with E-state index >= 15 is 0 Å². The van der Waals surface area contributed by atoms with Crippen molar-refractivity contribution in [2.75, 3.05) is 33.8 Å². The predicted molar refractivity (Wildman–Crippen MR) is 103 cm³/mol. The summed E-state index contributed by atoms with van der Waals surface area (Å²) < 4.78 is 5.68. The van der Waals surface area contributed by atoms with Gasteiger partial charge < -0.3 is 19.9 Å². The Morgan fingerprint density at radius 2 is 2.00 bits per heavy atom. The van der Waals surface area contributed by atoms with Gasteiger partial charge in [-0.15, -0.1) is 0 Å². The van der Waals surface area contributed by atoms with E-state index in [2.05, 4.69) is 20.2 Å². The predicted octanol–water partition coefficient (Wildman–Crippen LogP) is 2.48. The Morgan fingerprint density at radius 1 is 1.19 bits per heavy atom. The number of ether oxygens (including phenoxy) is 1. The van der Waals surface area contributed by atoms with E-state index in [0.717, 1.165) is 35.3 Å². The highest BCUT2D eigenvalue weighted by Gasteiger charge is 2.07. The van der Waals surface area contributed by atoms with Gasteiger partial charge in [-0.1, -0.05) is 12.1 Å². The first-order valence-corrected chi connectivity index (χ1v) is 8.69. The molecule has 0 spiro atoms. The average Bonchev–Trinajstić information content (AvgIpc) is 3.10. The highest BCUT2D eigenvalue weighted by molar-refractivity contribution is 5.97. The van der Waals surface area contributed by atoms with Crippen molar-refractivity contribution in [3.63, 3.8) is 0 Å². The van der Waals surface area contributed by atoms with Gasteiger partial charge in [-0.25, -0.2) is 4.98 Å². The molecule has 0 fully saturated rings. The highest BCUT2D eigenvalue weighted by Crippen LogP contribution is 2.13. The molecule has 26 heavy (non-hydrogen) atoms. The number of nitrogens with zero attached hydrogens (tertiary/aromatic N) is 2. The summed E-state index contributed by atoms with van der Waals surface area (Å²) in [7, 11) is 4.04. The molecule has 3 rings (SSSR count). The SMILES string of the molecule is CN(C)CCOc1ccc(CCNC(=O)c2ccc3nc[nH]c3c2)cc1. The zero-order chi connectivity index (χ0) is 18.4. The normalized spacial score (nSPS) is 11.0. The number of aromatic nitrogens is 2. The minimum atomic E-state index is -0.0786. The summed E-state index contributed by atoms with van der Waals surface area (Å²) in [6.45, 7) is 2.14. The highest BCUT2D eigenvalue weighted by atomic mass is 16.5. The van der Waals surface area contributed by atoms with E-state index in [4.69, 9.17) is 4.74 Å². The fourth-order valence-corrected chi connectivity index (χ4v) is 2.60. The molecule has 0 aliphatic heterocycles. The van der Waals surface area contributed by atoms with Crippen molar-refractivity contribution in [3.05, 3.63) is 59.9 Å². The number of amides is 1. The number of carbonyl (C=O) groups excluding carboxylic acids is 1. The largest absolute Gasteiger partial charge is 0.492 e. The Hall–Kier alpha value is -2.86. The van der Waals surface area contributed by atoms with Crippen molar-refractivity contribution in [3.8, 4) is 5.75 Å². The molecule has 1 heterocycles. The number of benzene rings is 2. The van der Waals surface area contributed by atoms with Gasteiger partial charge >= 0.3 is 0 Å². The molecule has 1 amide bonds. The molecule has 0 bridgehead atoms. The quantitative estimate of drug-likeness (QED) is 0.653. The molecular formula is C20H24N4O2. The Kier molecular flexibility index (Phi) is 5.86. The van der Waals surface area contributed by atoms with Crippen molar-refractivity contribution in [1.82, 2.24) is 20.2 Å². The number of hydrogen-bond acceptors (Lipinski definition) is 4. The van der Waals surface area contributed by atoms with Crippen molar-refractivity contribution in [1.29, 1.82) is 0 Å². The van der Waals surface area contributed by atoms with Crippen molar-refractivity contribution in [2.45, 2.75) is 6.42 Å². The van der Waals surface area contributed by atoms with Crippen LogP contribution in [0.3, 0.4) is 0 Å². The van der Waals surface area contributed by atoms with Gasteiger partial charge in [0.2, 0.25) is 0 Å². The van der Waals surface area contributed by atoms with E-state index in [1.54, 1.807) is 12.4 Å². The van der Waals surface area contributed by atoms with Gasteiger partial charge in [0.15, 0.2) is 0 Å². The maximum atomic E-state index is 12.3. The lowest BCUT2D eigenvalue weighted by atomic mass is 10.1. The van der Waals surface area contributed by atoms with Crippen LogP contribution in [0.2, 0.25) is 0 Å². The van der Waals surface area contributed by atoms with E-state index in [9.17, 15) is 4.79 Å². The van der Waals surface area contributed by atoms with E-state index in [1.165, 1.54) is 0 Å². The van der Waals surface area contributed by atoms with Crippen LogP contribution >= 0.6 is 0 Å².